The zero-order chi connectivity index (χ0) is 15.0. The van der Waals surface area contributed by atoms with Crippen LogP contribution in [0.15, 0.2) is 12.1 Å². The van der Waals surface area contributed by atoms with Crippen LogP contribution in [0, 0.1) is 0 Å². The smallest absolute Gasteiger partial charge is 0.335 e. The standard InChI is InChI=1S/C14H20O6/c1-4-5-19-6-7-20-13-11(17-2)8-10(14(15)16)9-12(13)18-3/h8-9H,4-7H2,1-3H3,(H,15,16). The first-order chi connectivity index (χ1) is 9.63. The second kappa shape index (κ2) is 8.27. The second-order valence-electron chi connectivity index (χ2n) is 3.98. The van der Waals surface area contributed by atoms with Gasteiger partial charge in [-0.15, -0.1) is 0 Å². The number of carboxylic acid groups (broad SMARTS) is 1. The number of hydrogen-bond donors (Lipinski definition) is 1. The summed E-state index contributed by atoms with van der Waals surface area (Å²) in [5, 5.41) is 9.02. The van der Waals surface area contributed by atoms with E-state index >= 15 is 0 Å². The molecule has 0 fully saturated rings. The number of carboxylic acids is 1. The third-order valence-electron chi connectivity index (χ3n) is 2.53. The van der Waals surface area contributed by atoms with Crippen molar-refractivity contribution < 1.29 is 28.8 Å². The third-order valence-corrected chi connectivity index (χ3v) is 2.53. The highest BCUT2D eigenvalue weighted by molar-refractivity contribution is 5.89. The van der Waals surface area contributed by atoms with E-state index < -0.39 is 5.97 Å². The van der Waals surface area contributed by atoms with Crippen molar-refractivity contribution in [3.63, 3.8) is 0 Å². The van der Waals surface area contributed by atoms with Crippen LogP contribution in [0.4, 0.5) is 0 Å². The zero-order valence-electron chi connectivity index (χ0n) is 12.0. The van der Waals surface area contributed by atoms with Crippen molar-refractivity contribution in [2.24, 2.45) is 0 Å². The quantitative estimate of drug-likeness (QED) is 0.701. The number of ether oxygens (including phenoxy) is 4. The molecule has 0 aromatic heterocycles. The normalized spacial score (nSPS) is 10.2. The van der Waals surface area contributed by atoms with Gasteiger partial charge in [-0.05, 0) is 18.6 Å². The molecular formula is C14H20O6. The summed E-state index contributed by atoms with van der Waals surface area (Å²) in [6.45, 7) is 3.48. The molecule has 1 aromatic rings. The predicted octanol–water partition coefficient (Wildman–Crippen LogP) is 2.21. The molecule has 1 aromatic carbocycles. The van der Waals surface area contributed by atoms with Crippen molar-refractivity contribution in [2.75, 3.05) is 34.0 Å². The minimum Gasteiger partial charge on any atom is -0.493 e. The van der Waals surface area contributed by atoms with Crippen molar-refractivity contribution in [2.45, 2.75) is 13.3 Å². The molecule has 0 saturated heterocycles. The maximum atomic E-state index is 11.0. The van der Waals surface area contributed by atoms with E-state index in [9.17, 15) is 4.79 Å². The number of carbonyl (C=O) groups is 1. The monoisotopic (exact) mass is 284 g/mol. The van der Waals surface area contributed by atoms with Crippen LogP contribution >= 0.6 is 0 Å². The van der Waals surface area contributed by atoms with Gasteiger partial charge in [-0.1, -0.05) is 6.92 Å². The Bertz CT molecular complexity index is 418. The van der Waals surface area contributed by atoms with E-state index in [2.05, 4.69) is 0 Å². The highest BCUT2D eigenvalue weighted by atomic mass is 16.6. The van der Waals surface area contributed by atoms with Gasteiger partial charge >= 0.3 is 5.97 Å². The van der Waals surface area contributed by atoms with Crippen molar-refractivity contribution in [3.8, 4) is 17.2 Å². The molecule has 0 heterocycles. The van der Waals surface area contributed by atoms with E-state index in [0.29, 0.717) is 37.1 Å². The number of methoxy groups -OCH3 is 2. The molecule has 1 rings (SSSR count). The molecular weight excluding hydrogens is 264 g/mol. The Hall–Kier alpha value is -1.95. The molecule has 0 radical (unpaired) electrons. The van der Waals surface area contributed by atoms with Crippen LogP contribution in [-0.2, 0) is 4.74 Å². The molecule has 0 amide bonds. The van der Waals surface area contributed by atoms with Gasteiger partial charge in [-0.3, -0.25) is 0 Å². The largest absolute Gasteiger partial charge is 0.493 e. The Morgan fingerprint density at radius 3 is 2.15 bits per heavy atom. The molecule has 20 heavy (non-hydrogen) atoms. The molecule has 0 aliphatic carbocycles. The van der Waals surface area contributed by atoms with Crippen molar-refractivity contribution in [3.05, 3.63) is 17.7 Å². The molecule has 6 nitrogen and oxygen atoms in total. The molecule has 0 aliphatic heterocycles. The minimum absolute atomic E-state index is 0.0771. The Morgan fingerprint density at radius 1 is 1.10 bits per heavy atom. The molecule has 0 bridgehead atoms. The summed E-state index contributed by atoms with van der Waals surface area (Å²) >= 11 is 0. The second-order valence-corrected chi connectivity index (χ2v) is 3.98. The lowest BCUT2D eigenvalue weighted by Gasteiger charge is -2.15. The van der Waals surface area contributed by atoms with Gasteiger partial charge in [0.05, 0.1) is 26.4 Å². The predicted molar refractivity (Wildman–Crippen MR) is 73.1 cm³/mol. The van der Waals surface area contributed by atoms with E-state index in [1.165, 1.54) is 26.4 Å². The number of rotatable bonds is 9. The van der Waals surface area contributed by atoms with Crippen LogP contribution in [0.1, 0.15) is 23.7 Å². The van der Waals surface area contributed by atoms with Crippen LogP contribution in [0.2, 0.25) is 0 Å². The van der Waals surface area contributed by atoms with E-state index in [4.69, 9.17) is 24.1 Å². The molecule has 0 saturated carbocycles. The van der Waals surface area contributed by atoms with E-state index in [-0.39, 0.29) is 5.56 Å². The van der Waals surface area contributed by atoms with Gasteiger partial charge in [-0.25, -0.2) is 4.79 Å². The Balaban J connectivity index is 2.84. The fraction of sp³-hybridized carbons (Fsp3) is 0.500. The van der Waals surface area contributed by atoms with Crippen molar-refractivity contribution >= 4 is 5.97 Å². The number of hydrogen-bond acceptors (Lipinski definition) is 5. The zero-order valence-corrected chi connectivity index (χ0v) is 12.0. The van der Waals surface area contributed by atoms with Gasteiger partial charge in [0.1, 0.15) is 6.61 Å². The van der Waals surface area contributed by atoms with E-state index in [1.807, 2.05) is 6.92 Å². The molecule has 1 N–H and O–H groups in total. The van der Waals surface area contributed by atoms with Crippen LogP contribution < -0.4 is 14.2 Å². The summed E-state index contributed by atoms with van der Waals surface area (Å²) in [4.78, 5) is 11.0. The fourth-order valence-electron chi connectivity index (χ4n) is 1.59. The lowest BCUT2D eigenvalue weighted by atomic mass is 10.2. The van der Waals surface area contributed by atoms with Crippen LogP contribution in [0.5, 0.6) is 17.2 Å². The van der Waals surface area contributed by atoms with Crippen molar-refractivity contribution in [1.82, 2.24) is 0 Å². The highest BCUT2D eigenvalue weighted by Gasteiger charge is 2.17. The molecule has 6 heteroatoms. The number of aromatic carboxylic acids is 1. The SMILES string of the molecule is CCCOCCOc1c(OC)cc(C(=O)O)cc1OC. The molecule has 0 spiro atoms. The first-order valence-corrected chi connectivity index (χ1v) is 6.33. The molecule has 112 valence electrons. The van der Waals surface area contributed by atoms with E-state index in [1.54, 1.807) is 0 Å². The summed E-state index contributed by atoms with van der Waals surface area (Å²) in [6, 6.07) is 2.79. The average molecular weight is 284 g/mol. The molecule has 0 unspecified atom stereocenters. The summed E-state index contributed by atoms with van der Waals surface area (Å²) < 4.78 is 21.2. The fourth-order valence-corrected chi connectivity index (χ4v) is 1.59. The van der Waals surface area contributed by atoms with Crippen LogP contribution in [0.25, 0.3) is 0 Å². The lowest BCUT2D eigenvalue weighted by Crippen LogP contribution is -2.09. The van der Waals surface area contributed by atoms with Gasteiger partial charge in [0.25, 0.3) is 0 Å². The Morgan fingerprint density at radius 2 is 1.70 bits per heavy atom. The third kappa shape index (κ3) is 4.31. The molecule has 0 atom stereocenters. The highest BCUT2D eigenvalue weighted by Crippen LogP contribution is 2.38. The van der Waals surface area contributed by atoms with Crippen LogP contribution in [-0.4, -0.2) is 45.1 Å². The van der Waals surface area contributed by atoms with Gasteiger partial charge in [-0.2, -0.15) is 0 Å². The Kier molecular flexibility index (Phi) is 6.66. The maximum Gasteiger partial charge on any atom is 0.335 e. The summed E-state index contributed by atoms with van der Waals surface area (Å²) in [6.07, 6.45) is 0.944. The van der Waals surface area contributed by atoms with E-state index in [0.717, 1.165) is 6.42 Å². The maximum absolute atomic E-state index is 11.0. The minimum atomic E-state index is -1.06. The Labute approximate surface area is 118 Å². The first kappa shape index (κ1) is 16.1. The van der Waals surface area contributed by atoms with Gasteiger partial charge in [0, 0.05) is 6.61 Å². The van der Waals surface area contributed by atoms with Crippen molar-refractivity contribution in [1.29, 1.82) is 0 Å². The summed E-state index contributed by atoms with van der Waals surface area (Å²) in [7, 11) is 2.89. The van der Waals surface area contributed by atoms with Gasteiger partial charge in [0.2, 0.25) is 5.75 Å². The first-order valence-electron chi connectivity index (χ1n) is 6.33. The summed E-state index contributed by atoms with van der Waals surface area (Å²) in [5.74, 6) is -0.0472. The molecule has 0 aliphatic rings. The van der Waals surface area contributed by atoms with Gasteiger partial charge < -0.3 is 24.1 Å². The topological polar surface area (TPSA) is 74.2 Å². The number of benzene rings is 1. The average Bonchev–Trinajstić information content (AvgIpc) is 2.46. The van der Waals surface area contributed by atoms with Crippen LogP contribution in [0.3, 0.4) is 0 Å². The summed E-state index contributed by atoms with van der Waals surface area (Å²) in [5.41, 5.74) is 0.0771. The van der Waals surface area contributed by atoms with Gasteiger partial charge in [0.15, 0.2) is 11.5 Å². The lowest BCUT2D eigenvalue weighted by molar-refractivity contribution is 0.0695.